The number of ether oxygens (including phenoxy) is 2. The Morgan fingerprint density at radius 2 is 2.04 bits per heavy atom. The van der Waals surface area contributed by atoms with Crippen molar-refractivity contribution in [2.45, 2.75) is 24.1 Å². The Hall–Kier alpha value is -1.82. The molecular formula is C15H21N5O4S2. The molecule has 1 N–H and O–H groups in total. The molecule has 1 saturated heterocycles. The van der Waals surface area contributed by atoms with Gasteiger partial charge in [-0.05, 0) is 18.6 Å². The number of rotatable bonds is 7. The maximum Gasteiger partial charge on any atom is 0.321 e. The quantitative estimate of drug-likeness (QED) is 0.729. The summed E-state index contributed by atoms with van der Waals surface area (Å²) >= 11 is 1.26. The minimum absolute atomic E-state index is 0.0437. The van der Waals surface area contributed by atoms with Gasteiger partial charge in [-0.15, -0.1) is 11.3 Å². The predicted octanol–water partition coefficient (Wildman–Crippen LogP) is 0.819. The van der Waals surface area contributed by atoms with Crippen molar-refractivity contribution in [1.82, 2.24) is 19.7 Å². The molecule has 2 aromatic rings. The van der Waals surface area contributed by atoms with Crippen LogP contribution in [-0.2, 0) is 27.7 Å². The van der Waals surface area contributed by atoms with E-state index in [1.807, 2.05) is 17.9 Å². The normalized spacial score (nSPS) is 15.2. The molecule has 0 saturated carbocycles. The van der Waals surface area contributed by atoms with Crippen LogP contribution in [0, 0.1) is 0 Å². The van der Waals surface area contributed by atoms with Gasteiger partial charge in [0.2, 0.25) is 16.0 Å². The lowest BCUT2D eigenvalue weighted by Crippen LogP contribution is -2.37. The first-order valence-electron chi connectivity index (χ1n) is 8.22. The molecule has 142 valence electrons. The van der Waals surface area contributed by atoms with Crippen molar-refractivity contribution in [2.24, 2.45) is 0 Å². The van der Waals surface area contributed by atoms with Crippen LogP contribution >= 0.6 is 11.3 Å². The first-order chi connectivity index (χ1) is 12.5. The van der Waals surface area contributed by atoms with Gasteiger partial charge in [-0.3, -0.25) is 0 Å². The standard InChI is InChI=1S/C15H21N5O4S2/c1-3-11-4-5-13(25-11)26(21,22)16-10-12-17-14(19-15(18-12)23-2)20-6-8-24-9-7-20/h4-5,16H,3,6-10H2,1-2H3. The van der Waals surface area contributed by atoms with E-state index in [0.29, 0.717) is 38.1 Å². The van der Waals surface area contributed by atoms with Crippen molar-refractivity contribution < 1.29 is 17.9 Å². The van der Waals surface area contributed by atoms with Crippen molar-refractivity contribution in [3.63, 3.8) is 0 Å². The summed E-state index contributed by atoms with van der Waals surface area (Å²) in [6, 6.07) is 3.58. The fourth-order valence-electron chi connectivity index (χ4n) is 2.38. The Labute approximate surface area is 156 Å². The van der Waals surface area contributed by atoms with E-state index in [2.05, 4.69) is 19.7 Å². The van der Waals surface area contributed by atoms with Gasteiger partial charge in [-0.2, -0.15) is 15.0 Å². The highest BCUT2D eigenvalue weighted by Crippen LogP contribution is 2.22. The number of aryl methyl sites for hydroxylation is 1. The summed E-state index contributed by atoms with van der Waals surface area (Å²) < 4.78 is 38.2. The first kappa shape index (κ1) is 19.0. The fraction of sp³-hybridized carbons (Fsp3) is 0.533. The monoisotopic (exact) mass is 399 g/mol. The van der Waals surface area contributed by atoms with E-state index in [-0.39, 0.29) is 16.8 Å². The second kappa shape index (κ2) is 8.25. The van der Waals surface area contributed by atoms with Crippen LogP contribution in [0.3, 0.4) is 0 Å². The van der Waals surface area contributed by atoms with E-state index in [1.165, 1.54) is 18.4 Å². The number of morpholine rings is 1. The number of thiophene rings is 1. The molecule has 0 aromatic carbocycles. The second-order valence-corrected chi connectivity index (χ2v) is 8.70. The number of sulfonamides is 1. The molecule has 1 fully saturated rings. The van der Waals surface area contributed by atoms with Crippen molar-refractivity contribution in [2.75, 3.05) is 38.3 Å². The van der Waals surface area contributed by atoms with E-state index in [4.69, 9.17) is 9.47 Å². The van der Waals surface area contributed by atoms with Crippen LogP contribution in [0.25, 0.3) is 0 Å². The Balaban J connectivity index is 1.76. The number of aromatic nitrogens is 3. The lowest BCUT2D eigenvalue weighted by atomic mass is 10.4. The maximum atomic E-state index is 12.4. The number of hydrogen-bond acceptors (Lipinski definition) is 9. The molecule has 0 radical (unpaired) electrons. The molecule has 0 bridgehead atoms. The van der Waals surface area contributed by atoms with Crippen molar-refractivity contribution in [3.05, 3.63) is 22.8 Å². The summed E-state index contributed by atoms with van der Waals surface area (Å²) in [6.07, 6.45) is 0.799. The Bertz CT molecular complexity index is 849. The lowest BCUT2D eigenvalue weighted by molar-refractivity contribution is 0.122. The zero-order valence-electron chi connectivity index (χ0n) is 14.6. The van der Waals surface area contributed by atoms with Gasteiger partial charge in [-0.1, -0.05) is 6.92 Å². The minimum atomic E-state index is -3.61. The van der Waals surface area contributed by atoms with Gasteiger partial charge < -0.3 is 14.4 Å². The van der Waals surface area contributed by atoms with Crippen LogP contribution < -0.4 is 14.4 Å². The molecule has 1 aliphatic heterocycles. The van der Waals surface area contributed by atoms with Crippen molar-refractivity contribution in [1.29, 1.82) is 0 Å². The second-order valence-electron chi connectivity index (χ2n) is 5.54. The zero-order valence-corrected chi connectivity index (χ0v) is 16.3. The Morgan fingerprint density at radius 1 is 1.27 bits per heavy atom. The highest BCUT2D eigenvalue weighted by molar-refractivity contribution is 7.91. The van der Waals surface area contributed by atoms with Crippen molar-refractivity contribution in [3.8, 4) is 6.01 Å². The minimum Gasteiger partial charge on any atom is -0.467 e. The summed E-state index contributed by atoms with van der Waals surface area (Å²) in [7, 11) is -2.15. The van der Waals surface area contributed by atoms with Gasteiger partial charge in [0.1, 0.15) is 4.21 Å². The number of nitrogens with zero attached hydrogens (tertiary/aromatic N) is 4. The zero-order chi connectivity index (χ0) is 18.6. The molecule has 0 unspecified atom stereocenters. The van der Waals surface area contributed by atoms with Gasteiger partial charge in [0.05, 0.1) is 26.9 Å². The van der Waals surface area contributed by atoms with Gasteiger partial charge in [-0.25, -0.2) is 13.1 Å². The fourth-order valence-corrected chi connectivity index (χ4v) is 4.71. The summed E-state index contributed by atoms with van der Waals surface area (Å²) in [4.78, 5) is 15.7. The molecule has 1 aliphatic rings. The average Bonchev–Trinajstić information content (AvgIpc) is 3.17. The number of methoxy groups -OCH3 is 1. The van der Waals surface area contributed by atoms with Crippen LogP contribution in [0.1, 0.15) is 17.6 Å². The maximum absolute atomic E-state index is 12.4. The molecule has 9 nitrogen and oxygen atoms in total. The summed E-state index contributed by atoms with van der Waals surface area (Å²) in [6.45, 7) is 4.45. The van der Waals surface area contributed by atoms with Crippen LogP contribution in [0.15, 0.2) is 16.3 Å². The van der Waals surface area contributed by atoms with Gasteiger partial charge in [0.25, 0.3) is 0 Å². The van der Waals surface area contributed by atoms with Crippen LogP contribution in [0.5, 0.6) is 6.01 Å². The molecule has 0 spiro atoms. The molecule has 26 heavy (non-hydrogen) atoms. The smallest absolute Gasteiger partial charge is 0.321 e. The molecular weight excluding hydrogens is 378 g/mol. The third-order valence-corrected chi connectivity index (χ3v) is 6.92. The summed E-state index contributed by atoms with van der Waals surface area (Å²) in [5.74, 6) is 0.757. The van der Waals surface area contributed by atoms with E-state index >= 15 is 0 Å². The summed E-state index contributed by atoms with van der Waals surface area (Å²) in [5, 5.41) is 0. The number of nitrogens with one attached hydrogen (secondary N) is 1. The van der Waals surface area contributed by atoms with E-state index in [0.717, 1.165) is 11.3 Å². The van der Waals surface area contributed by atoms with E-state index in [9.17, 15) is 8.42 Å². The summed E-state index contributed by atoms with van der Waals surface area (Å²) in [5.41, 5.74) is 0. The topological polar surface area (TPSA) is 107 Å². The van der Waals surface area contributed by atoms with Gasteiger partial charge in [0, 0.05) is 18.0 Å². The Kier molecular flexibility index (Phi) is 6.01. The number of anilines is 1. The third kappa shape index (κ3) is 4.47. The molecule has 11 heteroatoms. The SMILES string of the molecule is CCc1ccc(S(=O)(=O)NCc2nc(OC)nc(N3CCOCC3)n2)s1. The molecule has 3 rings (SSSR count). The predicted molar refractivity (Wildman–Crippen MR) is 97.1 cm³/mol. The highest BCUT2D eigenvalue weighted by atomic mass is 32.2. The van der Waals surface area contributed by atoms with Crippen LogP contribution in [0.4, 0.5) is 5.95 Å². The van der Waals surface area contributed by atoms with E-state index < -0.39 is 10.0 Å². The molecule has 0 aliphatic carbocycles. The average molecular weight is 399 g/mol. The van der Waals surface area contributed by atoms with Gasteiger partial charge >= 0.3 is 6.01 Å². The number of hydrogen-bond donors (Lipinski definition) is 1. The van der Waals surface area contributed by atoms with Gasteiger partial charge in [0.15, 0.2) is 5.82 Å². The highest BCUT2D eigenvalue weighted by Gasteiger charge is 2.20. The van der Waals surface area contributed by atoms with Crippen LogP contribution in [0.2, 0.25) is 0 Å². The van der Waals surface area contributed by atoms with Crippen molar-refractivity contribution >= 4 is 27.3 Å². The Morgan fingerprint density at radius 3 is 2.69 bits per heavy atom. The van der Waals surface area contributed by atoms with E-state index in [1.54, 1.807) is 6.07 Å². The molecule has 0 atom stereocenters. The third-order valence-electron chi connectivity index (χ3n) is 3.80. The molecule has 0 amide bonds. The lowest BCUT2D eigenvalue weighted by Gasteiger charge is -2.26. The van der Waals surface area contributed by atoms with Crippen LogP contribution in [-0.4, -0.2) is 56.8 Å². The largest absolute Gasteiger partial charge is 0.467 e. The molecule has 2 aromatic heterocycles. The molecule has 3 heterocycles. The first-order valence-corrected chi connectivity index (χ1v) is 10.5.